The van der Waals surface area contributed by atoms with Crippen molar-refractivity contribution < 1.29 is 0 Å². The molecule has 0 amide bonds. The van der Waals surface area contributed by atoms with Crippen LogP contribution in [0.25, 0.3) is 88.9 Å². The zero-order valence-corrected chi connectivity index (χ0v) is 31.0. The monoisotopic (exact) mass is 726 g/mol. The third kappa shape index (κ3) is 4.97. The van der Waals surface area contributed by atoms with Gasteiger partial charge in [0.15, 0.2) is 17.5 Å². The van der Waals surface area contributed by atoms with Crippen molar-refractivity contribution in [2.75, 3.05) is 4.90 Å². The van der Waals surface area contributed by atoms with Crippen molar-refractivity contribution >= 4 is 66.1 Å². The van der Waals surface area contributed by atoms with E-state index in [9.17, 15) is 0 Å². The van der Waals surface area contributed by atoms with Gasteiger partial charge in [-0.15, -0.1) is 0 Å². The maximum absolute atomic E-state index is 5.36. The fourth-order valence-corrected chi connectivity index (χ4v) is 9.38. The molecule has 0 radical (unpaired) electrons. The molecule has 0 bridgehead atoms. The van der Waals surface area contributed by atoms with Crippen LogP contribution in [-0.4, -0.2) is 21.0 Å². The van der Waals surface area contributed by atoms with Gasteiger partial charge in [-0.25, -0.2) is 15.0 Å². The first kappa shape index (κ1) is 31.9. The summed E-state index contributed by atoms with van der Waals surface area (Å²) in [4.78, 5) is 18.4. The minimum atomic E-state index is 0.157. The molecule has 1 aliphatic heterocycles. The first-order chi connectivity index (χ1) is 28.3. The number of hydrogen-bond acceptors (Lipinski definition) is 4. The summed E-state index contributed by atoms with van der Waals surface area (Å²) >= 11 is 0. The standard InChI is InChI=1S/C53H34N4/c1-2-15-34(16-3-1)51-54-52(56-53(55-51)47-31-37-19-7-8-20-38(37)40-22-10-11-23-41(40)47)45-28-29-48(43-25-13-12-24-42(43)45)57-49-32-36-18-5-4-17-35(36)30-46(49)44-27-26-33-14-6-9-21-39(33)50(44)57/h1-31,49H,32H2. The Labute approximate surface area is 330 Å². The molecule has 9 aromatic carbocycles. The Hall–Kier alpha value is -7.43. The highest BCUT2D eigenvalue weighted by Gasteiger charge is 2.39. The van der Waals surface area contributed by atoms with Crippen LogP contribution in [0.2, 0.25) is 0 Å². The van der Waals surface area contributed by atoms with Gasteiger partial charge in [-0.2, -0.15) is 0 Å². The van der Waals surface area contributed by atoms with Crippen molar-refractivity contribution in [3.63, 3.8) is 0 Å². The van der Waals surface area contributed by atoms with Crippen LogP contribution >= 0.6 is 0 Å². The first-order valence-corrected chi connectivity index (χ1v) is 19.6. The molecule has 4 heteroatoms. The molecular formula is C53H34N4. The second-order valence-corrected chi connectivity index (χ2v) is 15.1. The van der Waals surface area contributed by atoms with Gasteiger partial charge in [-0.05, 0) is 79.7 Å². The predicted molar refractivity (Wildman–Crippen MR) is 237 cm³/mol. The Morgan fingerprint density at radius 2 is 1.02 bits per heavy atom. The zero-order chi connectivity index (χ0) is 37.5. The third-order valence-corrected chi connectivity index (χ3v) is 12.0. The molecule has 1 aliphatic carbocycles. The van der Waals surface area contributed by atoms with Gasteiger partial charge in [0.05, 0.1) is 11.7 Å². The summed E-state index contributed by atoms with van der Waals surface area (Å²) in [6.07, 6.45) is 3.35. The predicted octanol–water partition coefficient (Wildman–Crippen LogP) is 13.1. The third-order valence-electron chi connectivity index (χ3n) is 12.0. The molecule has 12 rings (SSSR count). The highest BCUT2D eigenvalue weighted by atomic mass is 15.2. The highest BCUT2D eigenvalue weighted by Crippen LogP contribution is 2.53. The van der Waals surface area contributed by atoms with Gasteiger partial charge in [0.25, 0.3) is 0 Å². The van der Waals surface area contributed by atoms with Crippen molar-refractivity contribution in [3.8, 4) is 34.2 Å². The van der Waals surface area contributed by atoms with Crippen LogP contribution < -0.4 is 4.90 Å². The lowest BCUT2D eigenvalue weighted by Crippen LogP contribution is -2.31. The van der Waals surface area contributed by atoms with Crippen LogP contribution in [0, 0.1) is 0 Å². The van der Waals surface area contributed by atoms with Crippen LogP contribution in [0.15, 0.2) is 182 Å². The molecule has 0 spiro atoms. The molecule has 2 heterocycles. The lowest BCUT2D eigenvalue weighted by molar-refractivity contribution is 0.811. The Morgan fingerprint density at radius 3 is 1.84 bits per heavy atom. The number of nitrogens with zero attached hydrogens (tertiary/aromatic N) is 4. The van der Waals surface area contributed by atoms with Crippen molar-refractivity contribution in [1.82, 2.24) is 15.0 Å². The quantitative estimate of drug-likeness (QED) is 0.169. The van der Waals surface area contributed by atoms with E-state index in [0.717, 1.165) is 44.7 Å². The van der Waals surface area contributed by atoms with Crippen LogP contribution in [-0.2, 0) is 6.42 Å². The molecule has 266 valence electrons. The normalized spacial score (nSPS) is 14.5. The van der Waals surface area contributed by atoms with Crippen molar-refractivity contribution in [3.05, 3.63) is 199 Å². The topological polar surface area (TPSA) is 41.9 Å². The van der Waals surface area contributed by atoms with Gasteiger partial charge in [0, 0.05) is 38.7 Å². The largest absolute Gasteiger partial charge is 0.332 e. The van der Waals surface area contributed by atoms with Crippen LogP contribution in [0.5, 0.6) is 0 Å². The molecule has 1 unspecified atom stereocenters. The summed E-state index contributed by atoms with van der Waals surface area (Å²) in [7, 11) is 0. The van der Waals surface area contributed by atoms with Crippen molar-refractivity contribution in [2.45, 2.75) is 12.5 Å². The molecule has 0 N–H and O–H groups in total. The van der Waals surface area contributed by atoms with Gasteiger partial charge in [0.2, 0.25) is 0 Å². The molecule has 0 saturated heterocycles. The fourth-order valence-electron chi connectivity index (χ4n) is 9.38. The Kier molecular flexibility index (Phi) is 7.02. The number of fused-ring (bicyclic) bond motifs is 10. The summed E-state index contributed by atoms with van der Waals surface area (Å²) in [5.74, 6) is 1.96. The second kappa shape index (κ2) is 12.6. The number of anilines is 2. The summed E-state index contributed by atoms with van der Waals surface area (Å²) in [6.45, 7) is 0. The summed E-state index contributed by atoms with van der Waals surface area (Å²) in [5.41, 5.74) is 10.7. The second-order valence-electron chi connectivity index (χ2n) is 15.1. The van der Waals surface area contributed by atoms with Crippen molar-refractivity contribution in [2.24, 2.45) is 0 Å². The van der Waals surface area contributed by atoms with E-state index in [1.165, 1.54) is 55.2 Å². The Bertz CT molecular complexity index is 3290. The Balaban J connectivity index is 1.09. The van der Waals surface area contributed by atoms with E-state index in [2.05, 4.69) is 175 Å². The average molecular weight is 727 g/mol. The van der Waals surface area contributed by atoms with Crippen LogP contribution in [0.4, 0.5) is 11.4 Å². The van der Waals surface area contributed by atoms with Gasteiger partial charge in [-0.1, -0.05) is 164 Å². The fraction of sp³-hybridized carbons (Fsp3) is 0.0377. The number of hydrogen-bond donors (Lipinski definition) is 0. The maximum atomic E-state index is 5.36. The van der Waals surface area contributed by atoms with Gasteiger partial charge in [-0.3, -0.25) is 0 Å². The van der Waals surface area contributed by atoms with Crippen molar-refractivity contribution in [1.29, 1.82) is 0 Å². The minimum absolute atomic E-state index is 0.157. The van der Waals surface area contributed by atoms with E-state index < -0.39 is 0 Å². The molecule has 0 fully saturated rings. The molecule has 57 heavy (non-hydrogen) atoms. The van der Waals surface area contributed by atoms with Crippen LogP contribution in [0.3, 0.4) is 0 Å². The van der Waals surface area contributed by atoms with E-state index in [-0.39, 0.29) is 6.04 Å². The lowest BCUT2D eigenvalue weighted by Gasteiger charge is -2.32. The smallest absolute Gasteiger partial charge is 0.164 e. The summed E-state index contributed by atoms with van der Waals surface area (Å²) < 4.78 is 0. The molecule has 1 aromatic heterocycles. The minimum Gasteiger partial charge on any atom is -0.332 e. The molecule has 10 aromatic rings. The zero-order valence-electron chi connectivity index (χ0n) is 31.0. The molecule has 0 saturated carbocycles. The first-order valence-electron chi connectivity index (χ1n) is 19.6. The lowest BCUT2D eigenvalue weighted by atomic mass is 9.86. The van der Waals surface area contributed by atoms with Gasteiger partial charge in [0.1, 0.15) is 0 Å². The number of benzene rings is 9. The van der Waals surface area contributed by atoms with E-state index in [4.69, 9.17) is 15.0 Å². The van der Waals surface area contributed by atoms with E-state index in [1.54, 1.807) is 0 Å². The number of aromatic nitrogens is 3. The van der Waals surface area contributed by atoms with E-state index in [0.29, 0.717) is 17.5 Å². The SMILES string of the molecule is C1=C2c3ccc4ccccc4c3N(c3ccc(-c4nc(-c5ccccc5)nc(-c5cc6ccccc6c6ccccc56)n4)c4ccccc34)C2Cc2ccccc21. The maximum Gasteiger partial charge on any atom is 0.164 e. The van der Waals surface area contributed by atoms with Gasteiger partial charge < -0.3 is 4.90 Å². The van der Waals surface area contributed by atoms with E-state index in [1.807, 2.05) is 18.2 Å². The number of rotatable bonds is 4. The van der Waals surface area contributed by atoms with Gasteiger partial charge >= 0.3 is 0 Å². The van der Waals surface area contributed by atoms with Crippen LogP contribution in [0.1, 0.15) is 16.7 Å². The molecular weight excluding hydrogens is 693 g/mol. The molecule has 1 atom stereocenters. The molecule has 2 aliphatic rings. The average Bonchev–Trinajstić information content (AvgIpc) is 3.61. The Morgan fingerprint density at radius 1 is 0.421 bits per heavy atom. The summed E-state index contributed by atoms with van der Waals surface area (Å²) in [6, 6.07) is 65.3. The van der Waals surface area contributed by atoms with E-state index >= 15 is 0 Å². The highest BCUT2D eigenvalue weighted by molar-refractivity contribution is 6.15. The summed E-state index contributed by atoms with van der Waals surface area (Å²) in [5, 5.41) is 9.43. The molecule has 4 nitrogen and oxygen atoms in total.